The monoisotopic (exact) mass is 303 g/mol. The predicted molar refractivity (Wildman–Crippen MR) is 88.8 cm³/mol. The van der Waals surface area contributed by atoms with Gasteiger partial charge in [-0.15, -0.1) is 0 Å². The van der Waals surface area contributed by atoms with Crippen molar-refractivity contribution < 1.29 is 9.59 Å². The molecule has 114 valence electrons. The van der Waals surface area contributed by atoms with Crippen LogP contribution in [0.15, 0.2) is 54.1 Å². The maximum Gasteiger partial charge on any atom is 0.238 e. The molecule has 0 unspecified atom stereocenters. The van der Waals surface area contributed by atoms with E-state index < -0.39 is 0 Å². The average molecular weight is 303 g/mol. The number of imide groups is 1. The predicted octanol–water partition coefficient (Wildman–Crippen LogP) is 3.54. The molecule has 0 aromatic heterocycles. The Balaban J connectivity index is 1.65. The van der Waals surface area contributed by atoms with E-state index in [1.165, 1.54) is 10.5 Å². The summed E-state index contributed by atoms with van der Waals surface area (Å²) in [7, 11) is 0. The zero-order chi connectivity index (χ0) is 15.7. The number of benzene rings is 2. The number of rotatable bonds is 1. The van der Waals surface area contributed by atoms with Crippen LogP contribution < -0.4 is 4.90 Å². The topological polar surface area (TPSA) is 37.4 Å². The van der Waals surface area contributed by atoms with Gasteiger partial charge in [0.05, 0.1) is 17.5 Å². The first-order valence-electron chi connectivity index (χ1n) is 8.20. The standard InChI is InChI=1S/C20H17NO2/c1-11-9-13-10-15(11)18-17(13)19(22)21(20(18)23)16-8-4-6-12-5-2-3-7-14(12)16/h2-9,13,15,17-18H,10H2,1H3/t13-,15-,17-,18-/m0/s1. The Hall–Kier alpha value is -2.42. The van der Waals surface area contributed by atoms with Crippen LogP contribution in [0.2, 0.25) is 0 Å². The van der Waals surface area contributed by atoms with Crippen LogP contribution >= 0.6 is 0 Å². The molecule has 2 fully saturated rings. The van der Waals surface area contributed by atoms with E-state index in [-0.39, 0.29) is 35.5 Å². The van der Waals surface area contributed by atoms with Crippen LogP contribution in [0.5, 0.6) is 0 Å². The van der Waals surface area contributed by atoms with E-state index in [0.717, 1.165) is 22.9 Å². The number of amides is 2. The second-order valence-electron chi connectivity index (χ2n) is 6.98. The minimum absolute atomic E-state index is 0.00342. The summed E-state index contributed by atoms with van der Waals surface area (Å²) in [6.45, 7) is 2.10. The number of fused-ring (bicyclic) bond motifs is 6. The number of nitrogens with zero attached hydrogens (tertiary/aromatic N) is 1. The van der Waals surface area contributed by atoms with Crippen LogP contribution in [0, 0.1) is 23.7 Å². The van der Waals surface area contributed by atoms with E-state index in [4.69, 9.17) is 0 Å². The molecule has 3 nitrogen and oxygen atoms in total. The first kappa shape index (κ1) is 13.1. The second kappa shape index (κ2) is 4.31. The maximum absolute atomic E-state index is 13.1. The Bertz CT molecular complexity index is 892. The van der Waals surface area contributed by atoms with Gasteiger partial charge in [0, 0.05) is 5.39 Å². The van der Waals surface area contributed by atoms with E-state index in [1.54, 1.807) is 0 Å². The van der Waals surface area contributed by atoms with Gasteiger partial charge in [0.25, 0.3) is 0 Å². The number of anilines is 1. The lowest BCUT2D eigenvalue weighted by Gasteiger charge is -2.20. The highest BCUT2D eigenvalue weighted by atomic mass is 16.2. The Kier molecular flexibility index (Phi) is 2.45. The van der Waals surface area contributed by atoms with Crippen LogP contribution in [-0.4, -0.2) is 11.8 Å². The van der Waals surface area contributed by atoms with Crippen molar-refractivity contribution >= 4 is 28.3 Å². The van der Waals surface area contributed by atoms with Gasteiger partial charge in [0.15, 0.2) is 0 Å². The van der Waals surface area contributed by atoms with Crippen LogP contribution in [0.4, 0.5) is 5.69 Å². The molecule has 1 heterocycles. The maximum atomic E-state index is 13.1. The second-order valence-corrected chi connectivity index (χ2v) is 6.98. The summed E-state index contributed by atoms with van der Waals surface area (Å²) in [4.78, 5) is 27.5. The zero-order valence-electron chi connectivity index (χ0n) is 12.9. The quantitative estimate of drug-likeness (QED) is 0.597. The zero-order valence-corrected chi connectivity index (χ0v) is 12.9. The molecule has 1 saturated heterocycles. The Morgan fingerprint density at radius 1 is 0.957 bits per heavy atom. The molecule has 4 atom stereocenters. The molecule has 2 aromatic rings. The Labute approximate surface area is 134 Å². The summed E-state index contributed by atoms with van der Waals surface area (Å²) >= 11 is 0. The van der Waals surface area contributed by atoms with Crippen molar-refractivity contribution in [3.8, 4) is 0 Å². The lowest BCUT2D eigenvalue weighted by Crippen LogP contribution is -2.33. The Morgan fingerprint density at radius 3 is 2.57 bits per heavy atom. The molecule has 2 aliphatic carbocycles. The molecule has 2 bridgehead atoms. The minimum atomic E-state index is -0.143. The van der Waals surface area contributed by atoms with Crippen LogP contribution in [-0.2, 0) is 9.59 Å². The average Bonchev–Trinajstić information content (AvgIpc) is 3.18. The fourth-order valence-electron chi connectivity index (χ4n) is 4.92. The van der Waals surface area contributed by atoms with E-state index in [1.807, 2.05) is 42.5 Å². The lowest BCUT2D eigenvalue weighted by atomic mass is 9.82. The van der Waals surface area contributed by atoms with Gasteiger partial charge in [0.2, 0.25) is 11.8 Å². The summed E-state index contributed by atoms with van der Waals surface area (Å²) in [6, 6.07) is 13.7. The van der Waals surface area contributed by atoms with E-state index in [2.05, 4.69) is 13.0 Å². The minimum Gasteiger partial charge on any atom is -0.274 e. The van der Waals surface area contributed by atoms with Crippen molar-refractivity contribution in [2.45, 2.75) is 13.3 Å². The summed E-state index contributed by atoms with van der Waals surface area (Å²) in [5.41, 5.74) is 2.03. The number of allylic oxidation sites excluding steroid dienone is 2. The van der Waals surface area contributed by atoms with Gasteiger partial charge in [-0.3, -0.25) is 9.59 Å². The molecule has 3 heteroatoms. The number of hydrogen-bond donors (Lipinski definition) is 0. The highest BCUT2D eigenvalue weighted by molar-refractivity contribution is 6.25. The van der Waals surface area contributed by atoms with Crippen LogP contribution in [0.25, 0.3) is 10.8 Å². The number of carbonyl (C=O) groups excluding carboxylic acids is 2. The van der Waals surface area contributed by atoms with Gasteiger partial charge >= 0.3 is 0 Å². The summed E-state index contributed by atoms with van der Waals surface area (Å²) in [5, 5.41) is 2.02. The van der Waals surface area contributed by atoms with Gasteiger partial charge in [0.1, 0.15) is 0 Å². The van der Waals surface area contributed by atoms with E-state index in [9.17, 15) is 9.59 Å². The fraction of sp³-hybridized carbons (Fsp3) is 0.300. The van der Waals surface area contributed by atoms with Crippen molar-refractivity contribution in [3.63, 3.8) is 0 Å². The van der Waals surface area contributed by atoms with Crippen LogP contribution in [0.3, 0.4) is 0 Å². The van der Waals surface area contributed by atoms with Gasteiger partial charge in [-0.2, -0.15) is 0 Å². The third-order valence-electron chi connectivity index (χ3n) is 5.89. The fourth-order valence-corrected chi connectivity index (χ4v) is 4.92. The number of hydrogen-bond acceptors (Lipinski definition) is 2. The van der Waals surface area contributed by atoms with Crippen molar-refractivity contribution in [1.29, 1.82) is 0 Å². The summed E-state index contributed by atoms with van der Waals surface area (Å²) in [6.07, 6.45) is 3.19. The molecule has 23 heavy (non-hydrogen) atoms. The highest BCUT2D eigenvalue weighted by Gasteiger charge is 2.61. The molecule has 1 saturated carbocycles. The van der Waals surface area contributed by atoms with Gasteiger partial charge in [-0.05, 0) is 36.6 Å². The van der Waals surface area contributed by atoms with Crippen molar-refractivity contribution in [2.75, 3.05) is 4.90 Å². The van der Waals surface area contributed by atoms with Crippen LogP contribution in [0.1, 0.15) is 13.3 Å². The first-order valence-corrected chi connectivity index (χ1v) is 8.20. The summed E-state index contributed by atoms with van der Waals surface area (Å²) < 4.78 is 0. The van der Waals surface area contributed by atoms with Gasteiger partial charge < -0.3 is 0 Å². The smallest absolute Gasteiger partial charge is 0.238 e. The molecule has 0 spiro atoms. The molecule has 0 N–H and O–H groups in total. The third-order valence-corrected chi connectivity index (χ3v) is 5.89. The van der Waals surface area contributed by atoms with Gasteiger partial charge in [-0.25, -0.2) is 4.90 Å². The number of carbonyl (C=O) groups is 2. The van der Waals surface area contributed by atoms with E-state index >= 15 is 0 Å². The molecule has 2 aromatic carbocycles. The lowest BCUT2D eigenvalue weighted by molar-refractivity contribution is -0.123. The molecular formula is C20H17NO2. The van der Waals surface area contributed by atoms with Gasteiger partial charge in [-0.1, -0.05) is 48.0 Å². The van der Waals surface area contributed by atoms with E-state index in [0.29, 0.717) is 0 Å². The molecule has 0 radical (unpaired) electrons. The van der Waals surface area contributed by atoms with Crippen molar-refractivity contribution in [1.82, 2.24) is 0 Å². The first-order chi connectivity index (χ1) is 11.2. The molecular weight excluding hydrogens is 286 g/mol. The normalized spacial score (nSPS) is 31.9. The third kappa shape index (κ3) is 1.55. The van der Waals surface area contributed by atoms with Crippen molar-refractivity contribution in [3.05, 3.63) is 54.1 Å². The SMILES string of the molecule is CC1=C[C@H]2C[C@@H]1[C@@H]1C(=O)N(c3cccc4ccccc34)C(=O)[C@H]12. The Morgan fingerprint density at radius 2 is 1.70 bits per heavy atom. The molecule has 3 aliphatic rings. The molecule has 5 rings (SSSR count). The van der Waals surface area contributed by atoms with Crippen molar-refractivity contribution in [2.24, 2.45) is 23.7 Å². The summed E-state index contributed by atoms with van der Waals surface area (Å²) in [5.74, 6) is 0.221. The largest absolute Gasteiger partial charge is 0.274 e. The highest BCUT2D eigenvalue weighted by Crippen LogP contribution is 2.56. The molecule has 2 amide bonds. The molecule has 1 aliphatic heterocycles.